The minimum absolute atomic E-state index is 0.0460. The van der Waals surface area contributed by atoms with Crippen molar-refractivity contribution in [1.82, 2.24) is 15.5 Å². The molecule has 0 bridgehead atoms. The number of thiophene rings is 1. The largest absolute Gasteiger partial charge is 0.352 e. The Bertz CT molecular complexity index is 891. The van der Waals surface area contributed by atoms with Gasteiger partial charge in [-0.25, -0.2) is 0 Å². The molecule has 2 N–H and O–H groups in total. The van der Waals surface area contributed by atoms with Crippen LogP contribution in [-0.2, 0) is 11.3 Å². The van der Waals surface area contributed by atoms with Gasteiger partial charge in [0.2, 0.25) is 5.91 Å². The van der Waals surface area contributed by atoms with Gasteiger partial charge in [-0.1, -0.05) is 66.7 Å². The van der Waals surface area contributed by atoms with Crippen LogP contribution in [0.5, 0.6) is 0 Å². The first-order valence-corrected chi connectivity index (χ1v) is 11.5. The van der Waals surface area contributed by atoms with Crippen molar-refractivity contribution in [2.45, 2.75) is 31.5 Å². The van der Waals surface area contributed by atoms with E-state index in [-0.39, 0.29) is 18.0 Å². The molecule has 156 valence electrons. The monoisotopic (exact) mass is 419 g/mol. The van der Waals surface area contributed by atoms with E-state index >= 15 is 0 Å². The van der Waals surface area contributed by atoms with E-state index in [0.29, 0.717) is 6.54 Å². The molecule has 1 amide bonds. The molecule has 0 unspecified atom stereocenters. The number of piperidine rings is 1. The van der Waals surface area contributed by atoms with Crippen molar-refractivity contribution in [2.75, 3.05) is 19.6 Å². The predicted molar refractivity (Wildman–Crippen MR) is 123 cm³/mol. The lowest BCUT2D eigenvalue weighted by atomic mass is 10.0. The van der Waals surface area contributed by atoms with Crippen molar-refractivity contribution in [3.63, 3.8) is 0 Å². The van der Waals surface area contributed by atoms with Crippen LogP contribution in [0.4, 0.5) is 0 Å². The highest BCUT2D eigenvalue weighted by molar-refractivity contribution is 7.10. The topological polar surface area (TPSA) is 44.4 Å². The molecule has 0 saturated carbocycles. The van der Waals surface area contributed by atoms with E-state index in [9.17, 15) is 4.79 Å². The first kappa shape index (κ1) is 20.8. The Morgan fingerprint density at radius 2 is 1.67 bits per heavy atom. The van der Waals surface area contributed by atoms with Crippen molar-refractivity contribution >= 4 is 17.2 Å². The summed E-state index contributed by atoms with van der Waals surface area (Å²) in [5.41, 5.74) is 2.53. The third-order valence-electron chi connectivity index (χ3n) is 5.63. The molecule has 1 aliphatic heterocycles. The van der Waals surface area contributed by atoms with Gasteiger partial charge in [-0.2, -0.15) is 0 Å². The maximum Gasteiger partial charge on any atom is 0.234 e. The average Bonchev–Trinajstić information content (AvgIpc) is 3.31. The first-order chi connectivity index (χ1) is 14.8. The van der Waals surface area contributed by atoms with Gasteiger partial charge in [0.1, 0.15) is 0 Å². The Kier molecular flexibility index (Phi) is 7.29. The highest BCUT2D eigenvalue weighted by atomic mass is 32.1. The zero-order chi connectivity index (χ0) is 20.6. The van der Waals surface area contributed by atoms with Gasteiger partial charge in [0.05, 0.1) is 12.6 Å². The lowest BCUT2D eigenvalue weighted by Crippen LogP contribution is -2.47. The Morgan fingerprint density at radius 1 is 0.967 bits per heavy atom. The number of rotatable bonds is 8. The molecule has 1 aliphatic rings. The summed E-state index contributed by atoms with van der Waals surface area (Å²) in [5.74, 6) is 0.0778. The molecule has 4 nitrogen and oxygen atoms in total. The van der Waals surface area contributed by atoms with E-state index < -0.39 is 0 Å². The number of nitrogens with zero attached hydrogens (tertiary/aromatic N) is 1. The van der Waals surface area contributed by atoms with Crippen molar-refractivity contribution in [3.05, 3.63) is 94.2 Å². The maximum absolute atomic E-state index is 12.6. The minimum atomic E-state index is 0.0460. The van der Waals surface area contributed by atoms with E-state index in [1.165, 1.54) is 16.0 Å². The zero-order valence-electron chi connectivity index (χ0n) is 17.2. The number of carbonyl (C=O) groups excluding carboxylic acids is 1. The van der Waals surface area contributed by atoms with Crippen LogP contribution >= 0.6 is 11.3 Å². The molecule has 2 aromatic carbocycles. The third-order valence-corrected chi connectivity index (χ3v) is 6.57. The molecule has 30 heavy (non-hydrogen) atoms. The number of amides is 1. The number of likely N-dealkylation sites (tertiary alicyclic amines) is 1. The van der Waals surface area contributed by atoms with Crippen LogP contribution in [0.15, 0.2) is 78.2 Å². The minimum Gasteiger partial charge on any atom is -0.352 e. The number of benzene rings is 2. The summed E-state index contributed by atoms with van der Waals surface area (Å²) in [4.78, 5) is 16.3. The summed E-state index contributed by atoms with van der Waals surface area (Å²) in [7, 11) is 0. The molecule has 4 rings (SSSR count). The first-order valence-electron chi connectivity index (χ1n) is 10.7. The van der Waals surface area contributed by atoms with E-state index in [4.69, 9.17) is 0 Å². The van der Waals surface area contributed by atoms with Crippen molar-refractivity contribution < 1.29 is 4.79 Å². The molecule has 1 saturated heterocycles. The quantitative estimate of drug-likeness (QED) is 0.575. The van der Waals surface area contributed by atoms with Crippen LogP contribution in [0.1, 0.15) is 34.9 Å². The van der Waals surface area contributed by atoms with Gasteiger partial charge in [0, 0.05) is 30.6 Å². The van der Waals surface area contributed by atoms with E-state index in [1.54, 1.807) is 11.3 Å². The van der Waals surface area contributed by atoms with E-state index in [2.05, 4.69) is 75.5 Å². The lowest BCUT2D eigenvalue weighted by Gasteiger charge is -2.32. The molecule has 1 aromatic heterocycles. The standard InChI is InChI=1S/C25H29N3OS/c29-24(18-26-25(23-12-7-17-30-23)21-10-5-2-6-11-21)27-22-13-15-28(16-14-22)19-20-8-3-1-4-9-20/h1-12,17,22,25-26H,13-16,18-19H2,(H,27,29)/t25-/m0/s1. The highest BCUT2D eigenvalue weighted by Gasteiger charge is 2.21. The van der Waals surface area contributed by atoms with E-state index in [0.717, 1.165) is 32.5 Å². The molecule has 0 aliphatic carbocycles. The Labute approximate surface area is 182 Å². The molecular formula is C25H29N3OS. The Morgan fingerprint density at radius 3 is 2.33 bits per heavy atom. The number of hydrogen-bond acceptors (Lipinski definition) is 4. The Balaban J connectivity index is 1.24. The second-order valence-corrected chi connectivity index (χ2v) is 8.82. The summed E-state index contributed by atoms with van der Waals surface area (Å²) in [6, 6.07) is 25.4. The number of carbonyl (C=O) groups is 1. The van der Waals surface area contributed by atoms with Gasteiger partial charge in [0.15, 0.2) is 0 Å². The van der Waals surface area contributed by atoms with Crippen LogP contribution in [-0.4, -0.2) is 36.5 Å². The maximum atomic E-state index is 12.6. The second kappa shape index (κ2) is 10.5. The summed E-state index contributed by atoms with van der Waals surface area (Å²) in [6.07, 6.45) is 2.01. The summed E-state index contributed by atoms with van der Waals surface area (Å²) >= 11 is 1.71. The lowest BCUT2D eigenvalue weighted by molar-refractivity contribution is -0.121. The molecule has 5 heteroatoms. The Hall–Kier alpha value is -2.47. The van der Waals surface area contributed by atoms with Crippen LogP contribution in [0, 0.1) is 0 Å². The molecule has 3 aromatic rings. The summed E-state index contributed by atoms with van der Waals surface area (Å²) in [5, 5.41) is 8.77. The predicted octanol–water partition coefficient (Wildman–Crippen LogP) is 4.21. The fourth-order valence-corrected chi connectivity index (χ4v) is 4.86. The van der Waals surface area contributed by atoms with Crippen LogP contribution in [0.25, 0.3) is 0 Å². The molecular weight excluding hydrogens is 390 g/mol. The van der Waals surface area contributed by atoms with Crippen molar-refractivity contribution in [3.8, 4) is 0 Å². The third kappa shape index (κ3) is 5.79. The van der Waals surface area contributed by atoms with Gasteiger partial charge in [0.25, 0.3) is 0 Å². The molecule has 0 spiro atoms. The molecule has 1 atom stereocenters. The van der Waals surface area contributed by atoms with Gasteiger partial charge >= 0.3 is 0 Å². The zero-order valence-corrected chi connectivity index (χ0v) is 18.0. The fraction of sp³-hybridized carbons (Fsp3) is 0.320. The molecule has 0 radical (unpaired) electrons. The van der Waals surface area contributed by atoms with Crippen LogP contribution < -0.4 is 10.6 Å². The highest BCUT2D eigenvalue weighted by Crippen LogP contribution is 2.25. The van der Waals surface area contributed by atoms with Gasteiger partial charge in [-0.3, -0.25) is 15.0 Å². The molecule has 1 fully saturated rings. The van der Waals surface area contributed by atoms with E-state index in [1.807, 2.05) is 18.2 Å². The smallest absolute Gasteiger partial charge is 0.234 e. The normalized spacial score (nSPS) is 16.3. The average molecular weight is 420 g/mol. The number of hydrogen-bond donors (Lipinski definition) is 2. The number of nitrogens with one attached hydrogen (secondary N) is 2. The van der Waals surface area contributed by atoms with Crippen molar-refractivity contribution in [1.29, 1.82) is 0 Å². The second-order valence-electron chi connectivity index (χ2n) is 7.84. The van der Waals surface area contributed by atoms with Crippen molar-refractivity contribution in [2.24, 2.45) is 0 Å². The fourth-order valence-electron chi connectivity index (χ4n) is 4.03. The summed E-state index contributed by atoms with van der Waals surface area (Å²) < 4.78 is 0. The SMILES string of the molecule is O=C(CN[C@@H](c1ccccc1)c1cccs1)NC1CCN(Cc2ccccc2)CC1. The van der Waals surface area contributed by atoms with Gasteiger partial charge in [-0.05, 0) is 35.4 Å². The van der Waals surface area contributed by atoms with Crippen LogP contribution in [0.2, 0.25) is 0 Å². The van der Waals surface area contributed by atoms with Crippen LogP contribution in [0.3, 0.4) is 0 Å². The van der Waals surface area contributed by atoms with Gasteiger partial charge < -0.3 is 5.32 Å². The van der Waals surface area contributed by atoms with Gasteiger partial charge in [-0.15, -0.1) is 11.3 Å². The summed E-state index contributed by atoms with van der Waals surface area (Å²) in [6.45, 7) is 3.36. The molecule has 2 heterocycles.